The number of hydrogen-bond donors (Lipinski definition) is 3. The van der Waals surface area contributed by atoms with Gasteiger partial charge >= 0.3 is 0 Å². The number of benzene rings is 1. The van der Waals surface area contributed by atoms with Crippen LogP contribution in [0.15, 0.2) is 48.8 Å². The molecule has 1 heterocycles. The number of hydroxylamine groups is 1. The maximum absolute atomic E-state index is 11.1. The van der Waals surface area contributed by atoms with Gasteiger partial charge in [-0.25, -0.2) is 5.48 Å². The van der Waals surface area contributed by atoms with Gasteiger partial charge < -0.3 is 5.11 Å². The Balaban J connectivity index is 1.78. The summed E-state index contributed by atoms with van der Waals surface area (Å²) in [5, 5.41) is 18.5. The molecule has 1 aromatic heterocycles. The van der Waals surface area contributed by atoms with Crippen LogP contribution >= 0.6 is 0 Å². The van der Waals surface area contributed by atoms with Crippen molar-refractivity contribution in [1.82, 2.24) is 10.5 Å². The fourth-order valence-electron chi connectivity index (χ4n) is 2.29. The second kappa shape index (κ2) is 8.26. The SMILES string of the molecule is O=C(Cc1ccc(CCCC(O)c2cccnc2)cc1)NO. The zero-order chi connectivity index (χ0) is 15.8. The molecule has 0 radical (unpaired) electrons. The summed E-state index contributed by atoms with van der Waals surface area (Å²) in [5.74, 6) is -0.424. The molecule has 5 nitrogen and oxygen atoms in total. The molecule has 0 aliphatic carbocycles. The van der Waals surface area contributed by atoms with Crippen LogP contribution in [0.5, 0.6) is 0 Å². The third-order valence-corrected chi connectivity index (χ3v) is 3.52. The van der Waals surface area contributed by atoms with E-state index in [0.717, 1.165) is 29.5 Å². The molecule has 116 valence electrons. The van der Waals surface area contributed by atoms with Gasteiger partial charge in [0.25, 0.3) is 0 Å². The summed E-state index contributed by atoms with van der Waals surface area (Å²) < 4.78 is 0. The van der Waals surface area contributed by atoms with Crippen molar-refractivity contribution < 1.29 is 15.1 Å². The van der Waals surface area contributed by atoms with E-state index in [-0.39, 0.29) is 6.42 Å². The highest BCUT2D eigenvalue weighted by Crippen LogP contribution is 2.18. The maximum atomic E-state index is 11.1. The normalized spacial score (nSPS) is 11.9. The number of nitrogens with zero attached hydrogens (tertiary/aromatic N) is 1. The third kappa shape index (κ3) is 4.95. The van der Waals surface area contributed by atoms with E-state index >= 15 is 0 Å². The topological polar surface area (TPSA) is 82.5 Å². The lowest BCUT2D eigenvalue weighted by Gasteiger charge is -2.10. The van der Waals surface area contributed by atoms with Gasteiger partial charge in [0, 0.05) is 12.4 Å². The number of amides is 1. The predicted molar refractivity (Wildman–Crippen MR) is 82.2 cm³/mol. The zero-order valence-corrected chi connectivity index (χ0v) is 12.3. The molecule has 1 amide bonds. The van der Waals surface area contributed by atoms with E-state index in [9.17, 15) is 9.90 Å². The zero-order valence-electron chi connectivity index (χ0n) is 12.3. The first-order chi connectivity index (χ1) is 10.7. The predicted octanol–water partition coefficient (Wildman–Crippen LogP) is 2.19. The molecule has 0 aliphatic heterocycles. The van der Waals surface area contributed by atoms with Crippen LogP contribution in [0.3, 0.4) is 0 Å². The summed E-state index contributed by atoms with van der Waals surface area (Å²) in [7, 11) is 0. The lowest BCUT2D eigenvalue weighted by atomic mass is 10.0. The van der Waals surface area contributed by atoms with Crippen molar-refractivity contribution in [3.8, 4) is 0 Å². The van der Waals surface area contributed by atoms with Crippen LogP contribution in [0.25, 0.3) is 0 Å². The number of rotatable bonds is 7. The molecular weight excluding hydrogens is 280 g/mol. The summed E-state index contributed by atoms with van der Waals surface area (Å²) in [4.78, 5) is 15.1. The van der Waals surface area contributed by atoms with Gasteiger partial charge in [-0.2, -0.15) is 0 Å². The molecular formula is C17H20N2O3. The van der Waals surface area contributed by atoms with Crippen LogP contribution in [-0.2, 0) is 17.6 Å². The average molecular weight is 300 g/mol. The van der Waals surface area contributed by atoms with Crippen molar-refractivity contribution in [3.05, 3.63) is 65.5 Å². The Kier molecular flexibility index (Phi) is 6.06. The molecule has 1 aromatic carbocycles. The van der Waals surface area contributed by atoms with Crippen LogP contribution in [-0.4, -0.2) is 21.2 Å². The van der Waals surface area contributed by atoms with Gasteiger partial charge in [0.15, 0.2) is 0 Å². The fraction of sp³-hybridized carbons (Fsp3) is 0.294. The molecule has 2 aromatic rings. The van der Waals surface area contributed by atoms with E-state index < -0.39 is 12.0 Å². The number of aryl methyl sites for hydroxylation is 1. The molecule has 2 rings (SSSR count). The van der Waals surface area contributed by atoms with Crippen LogP contribution in [0.2, 0.25) is 0 Å². The van der Waals surface area contributed by atoms with E-state index in [2.05, 4.69) is 4.98 Å². The second-order valence-corrected chi connectivity index (χ2v) is 5.22. The van der Waals surface area contributed by atoms with E-state index in [1.807, 2.05) is 36.4 Å². The molecule has 22 heavy (non-hydrogen) atoms. The first-order valence-corrected chi connectivity index (χ1v) is 7.28. The van der Waals surface area contributed by atoms with Crippen LogP contribution in [0, 0.1) is 0 Å². The molecule has 1 unspecified atom stereocenters. The van der Waals surface area contributed by atoms with E-state index in [1.165, 1.54) is 0 Å². The van der Waals surface area contributed by atoms with Crippen LogP contribution in [0.4, 0.5) is 0 Å². The van der Waals surface area contributed by atoms with Crippen molar-refractivity contribution in [2.75, 3.05) is 0 Å². The number of carbonyl (C=O) groups is 1. The highest BCUT2D eigenvalue weighted by atomic mass is 16.5. The van der Waals surface area contributed by atoms with Gasteiger partial charge in [-0.15, -0.1) is 0 Å². The third-order valence-electron chi connectivity index (χ3n) is 3.52. The fourth-order valence-corrected chi connectivity index (χ4v) is 2.29. The maximum Gasteiger partial charge on any atom is 0.247 e. The monoisotopic (exact) mass is 300 g/mol. The van der Waals surface area contributed by atoms with E-state index in [4.69, 9.17) is 5.21 Å². The van der Waals surface area contributed by atoms with Crippen molar-refractivity contribution >= 4 is 5.91 Å². The first-order valence-electron chi connectivity index (χ1n) is 7.28. The highest BCUT2D eigenvalue weighted by Gasteiger charge is 2.07. The summed E-state index contributed by atoms with van der Waals surface area (Å²) in [6.45, 7) is 0. The molecule has 0 aliphatic rings. The Bertz CT molecular complexity index is 585. The summed E-state index contributed by atoms with van der Waals surface area (Å²) in [6, 6.07) is 11.4. The second-order valence-electron chi connectivity index (χ2n) is 5.22. The van der Waals surface area contributed by atoms with Gasteiger partial charge in [-0.1, -0.05) is 30.3 Å². The Labute approximate surface area is 129 Å². The van der Waals surface area contributed by atoms with Gasteiger partial charge in [-0.3, -0.25) is 15.0 Å². The number of aliphatic hydroxyl groups is 1. The molecule has 0 spiro atoms. The van der Waals surface area contributed by atoms with Crippen LogP contribution < -0.4 is 5.48 Å². The molecule has 0 saturated heterocycles. The van der Waals surface area contributed by atoms with Gasteiger partial charge in [0.2, 0.25) is 5.91 Å². The average Bonchev–Trinajstić information content (AvgIpc) is 2.57. The Hall–Kier alpha value is -2.24. The van der Waals surface area contributed by atoms with Crippen molar-refractivity contribution in [2.24, 2.45) is 0 Å². The van der Waals surface area contributed by atoms with E-state index in [1.54, 1.807) is 17.9 Å². The largest absolute Gasteiger partial charge is 0.388 e. The number of pyridine rings is 1. The summed E-state index contributed by atoms with van der Waals surface area (Å²) in [5.41, 5.74) is 4.47. The lowest BCUT2D eigenvalue weighted by molar-refractivity contribution is -0.128. The standard InChI is InChI=1S/C17H20N2O3/c20-16(15-4-2-10-18-12-15)5-1-3-13-6-8-14(9-7-13)11-17(21)19-22/h2,4,6-10,12,16,20,22H,1,3,5,11H2,(H,19,21). The Morgan fingerprint density at radius 1 is 1.18 bits per heavy atom. The minimum atomic E-state index is -0.485. The van der Waals surface area contributed by atoms with Gasteiger partial charge in [-0.05, 0) is 42.0 Å². The van der Waals surface area contributed by atoms with Crippen molar-refractivity contribution in [1.29, 1.82) is 0 Å². The van der Waals surface area contributed by atoms with Crippen molar-refractivity contribution in [2.45, 2.75) is 31.8 Å². The molecule has 1 atom stereocenters. The van der Waals surface area contributed by atoms with Crippen molar-refractivity contribution in [3.63, 3.8) is 0 Å². The van der Waals surface area contributed by atoms with Crippen LogP contribution in [0.1, 0.15) is 35.6 Å². The highest BCUT2D eigenvalue weighted by molar-refractivity contribution is 5.77. The number of aliphatic hydroxyl groups excluding tert-OH is 1. The van der Waals surface area contributed by atoms with Gasteiger partial charge in [0.1, 0.15) is 0 Å². The lowest BCUT2D eigenvalue weighted by Crippen LogP contribution is -2.20. The minimum absolute atomic E-state index is 0.163. The molecule has 5 heteroatoms. The van der Waals surface area contributed by atoms with E-state index in [0.29, 0.717) is 6.42 Å². The quantitative estimate of drug-likeness (QED) is 0.541. The summed E-state index contributed by atoms with van der Waals surface area (Å²) >= 11 is 0. The minimum Gasteiger partial charge on any atom is -0.388 e. The number of carbonyl (C=O) groups excluding carboxylic acids is 1. The Morgan fingerprint density at radius 3 is 2.55 bits per heavy atom. The number of nitrogens with one attached hydrogen (secondary N) is 1. The van der Waals surface area contributed by atoms with Gasteiger partial charge in [0.05, 0.1) is 12.5 Å². The Morgan fingerprint density at radius 2 is 1.91 bits per heavy atom. The molecule has 0 fully saturated rings. The molecule has 0 bridgehead atoms. The smallest absolute Gasteiger partial charge is 0.247 e. The summed E-state index contributed by atoms with van der Waals surface area (Å²) in [6.07, 6.45) is 5.47. The number of hydrogen-bond acceptors (Lipinski definition) is 4. The molecule has 3 N–H and O–H groups in total. The molecule has 0 saturated carbocycles. The number of aromatic nitrogens is 1. The first kappa shape index (κ1) is 16.1.